The summed E-state index contributed by atoms with van der Waals surface area (Å²) in [5.74, 6) is 0.228. The maximum absolute atomic E-state index is 12.4. The molecule has 3 heterocycles. The van der Waals surface area contributed by atoms with Crippen molar-refractivity contribution >= 4 is 22.6 Å². The molecule has 4 rings (SSSR count). The minimum absolute atomic E-state index is 0.0622. The van der Waals surface area contributed by atoms with Crippen LogP contribution < -0.4 is 11.3 Å². The lowest BCUT2D eigenvalue weighted by atomic mass is 10.1. The van der Waals surface area contributed by atoms with Gasteiger partial charge in [-0.05, 0) is 18.2 Å². The number of likely N-dealkylation sites (tertiary alicyclic amines) is 1. The first-order chi connectivity index (χ1) is 11.1. The van der Waals surface area contributed by atoms with Gasteiger partial charge in [-0.2, -0.15) is 5.10 Å². The number of hydrogen-bond acceptors (Lipinski definition) is 5. The van der Waals surface area contributed by atoms with E-state index in [1.165, 1.54) is 0 Å². The number of nitrogens with zero attached hydrogens (tertiary/aromatic N) is 4. The molecule has 1 aliphatic rings. The van der Waals surface area contributed by atoms with Crippen LogP contribution in [-0.2, 0) is 0 Å². The number of amides is 1. The van der Waals surface area contributed by atoms with Gasteiger partial charge in [0.15, 0.2) is 5.82 Å². The Morgan fingerprint density at radius 1 is 1.26 bits per heavy atom. The van der Waals surface area contributed by atoms with E-state index in [0.29, 0.717) is 29.8 Å². The van der Waals surface area contributed by atoms with Gasteiger partial charge in [-0.3, -0.25) is 14.3 Å². The molecule has 3 N–H and O–H groups in total. The number of H-pyrrole nitrogens is 1. The molecule has 0 spiro atoms. The first kappa shape index (κ1) is 13.5. The number of hydrogen-bond donors (Lipinski definition) is 2. The van der Waals surface area contributed by atoms with Crippen molar-refractivity contribution in [1.82, 2.24) is 24.6 Å². The smallest absolute Gasteiger partial charge is 0.289 e. The summed E-state index contributed by atoms with van der Waals surface area (Å²) in [5.41, 5.74) is 5.79. The second-order valence-corrected chi connectivity index (χ2v) is 5.52. The van der Waals surface area contributed by atoms with Gasteiger partial charge in [-0.15, -0.1) is 0 Å². The third kappa shape index (κ3) is 2.24. The largest absolute Gasteiger partial charge is 0.382 e. The number of carbonyl (C=O) groups excluding carboxylic acids is 1. The first-order valence-corrected chi connectivity index (χ1v) is 7.21. The first-order valence-electron chi connectivity index (χ1n) is 7.21. The van der Waals surface area contributed by atoms with Crippen molar-refractivity contribution in [2.24, 2.45) is 0 Å². The monoisotopic (exact) mass is 310 g/mol. The lowest BCUT2D eigenvalue weighted by Crippen LogP contribution is -2.51. The van der Waals surface area contributed by atoms with Crippen LogP contribution in [0.25, 0.3) is 10.9 Å². The summed E-state index contributed by atoms with van der Waals surface area (Å²) in [4.78, 5) is 32.9. The molecule has 1 aromatic carbocycles. The van der Waals surface area contributed by atoms with E-state index in [4.69, 9.17) is 5.73 Å². The topological polar surface area (TPSA) is 110 Å². The van der Waals surface area contributed by atoms with Crippen LogP contribution in [-0.4, -0.2) is 43.6 Å². The molecule has 1 amide bonds. The van der Waals surface area contributed by atoms with Gasteiger partial charge in [0.05, 0.1) is 16.9 Å². The fourth-order valence-electron chi connectivity index (χ4n) is 2.68. The third-order valence-corrected chi connectivity index (χ3v) is 3.97. The number of rotatable bonds is 2. The number of nitrogens with two attached hydrogens (primary N) is 1. The SMILES string of the molecule is Nc1ccn(C2CN(C(=O)c3nc4ccccc4c(=O)[nH]3)C2)n1. The Labute approximate surface area is 130 Å². The number of carbonyl (C=O) groups is 1. The van der Waals surface area contributed by atoms with Crippen molar-refractivity contribution < 1.29 is 4.79 Å². The normalized spacial score (nSPS) is 14.9. The highest BCUT2D eigenvalue weighted by molar-refractivity contribution is 5.93. The van der Waals surface area contributed by atoms with E-state index < -0.39 is 0 Å². The molecule has 0 bridgehead atoms. The van der Waals surface area contributed by atoms with E-state index in [-0.39, 0.29) is 23.3 Å². The van der Waals surface area contributed by atoms with Crippen molar-refractivity contribution in [2.75, 3.05) is 18.8 Å². The minimum Gasteiger partial charge on any atom is -0.382 e. The Hall–Kier alpha value is -3.16. The Morgan fingerprint density at radius 2 is 2.04 bits per heavy atom. The number of fused-ring (bicyclic) bond motifs is 1. The maximum Gasteiger partial charge on any atom is 0.289 e. The number of aromatic nitrogens is 4. The quantitative estimate of drug-likeness (QED) is 0.712. The molecule has 0 atom stereocenters. The zero-order valence-electron chi connectivity index (χ0n) is 12.1. The number of nitrogen functional groups attached to an aromatic ring is 1. The van der Waals surface area contributed by atoms with Crippen molar-refractivity contribution in [3.63, 3.8) is 0 Å². The van der Waals surface area contributed by atoms with Gasteiger partial charge in [0, 0.05) is 19.3 Å². The Bertz CT molecular complexity index is 954. The summed E-state index contributed by atoms with van der Waals surface area (Å²) in [7, 11) is 0. The van der Waals surface area contributed by atoms with Crippen molar-refractivity contribution in [3.8, 4) is 0 Å². The van der Waals surface area contributed by atoms with Crippen molar-refractivity contribution in [3.05, 3.63) is 52.7 Å². The highest BCUT2D eigenvalue weighted by Gasteiger charge is 2.34. The third-order valence-electron chi connectivity index (χ3n) is 3.97. The molecule has 1 fully saturated rings. The van der Waals surface area contributed by atoms with E-state index in [1.54, 1.807) is 46.1 Å². The lowest BCUT2D eigenvalue weighted by molar-refractivity contribution is 0.0489. The van der Waals surface area contributed by atoms with Crippen LogP contribution >= 0.6 is 0 Å². The highest BCUT2D eigenvalue weighted by Crippen LogP contribution is 2.22. The number of anilines is 1. The number of para-hydroxylation sites is 1. The molecule has 1 saturated heterocycles. The number of benzene rings is 1. The Kier molecular flexibility index (Phi) is 2.90. The molecule has 8 heteroatoms. The molecule has 3 aromatic rings. The molecular weight excluding hydrogens is 296 g/mol. The lowest BCUT2D eigenvalue weighted by Gasteiger charge is -2.38. The van der Waals surface area contributed by atoms with E-state index >= 15 is 0 Å². The number of nitrogens with one attached hydrogen (secondary N) is 1. The van der Waals surface area contributed by atoms with Gasteiger partial charge >= 0.3 is 0 Å². The Morgan fingerprint density at radius 3 is 2.78 bits per heavy atom. The fourth-order valence-corrected chi connectivity index (χ4v) is 2.68. The van der Waals surface area contributed by atoms with Gasteiger partial charge in [0.1, 0.15) is 5.82 Å². The summed E-state index contributed by atoms with van der Waals surface area (Å²) in [5, 5.41) is 4.61. The zero-order chi connectivity index (χ0) is 16.0. The fraction of sp³-hybridized carbons (Fsp3) is 0.200. The average molecular weight is 310 g/mol. The van der Waals surface area contributed by atoms with Gasteiger partial charge in [-0.25, -0.2) is 4.98 Å². The molecular formula is C15H14N6O2. The van der Waals surface area contributed by atoms with E-state index in [2.05, 4.69) is 15.1 Å². The molecule has 8 nitrogen and oxygen atoms in total. The predicted octanol–water partition coefficient (Wildman–Crippen LogP) is 0.399. The van der Waals surface area contributed by atoms with E-state index in [1.807, 2.05) is 0 Å². The zero-order valence-corrected chi connectivity index (χ0v) is 12.1. The van der Waals surface area contributed by atoms with Crippen LogP contribution in [0.15, 0.2) is 41.3 Å². The molecule has 0 aliphatic carbocycles. The summed E-state index contributed by atoms with van der Waals surface area (Å²) >= 11 is 0. The number of aromatic amines is 1. The highest BCUT2D eigenvalue weighted by atomic mass is 16.2. The molecule has 1 aliphatic heterocycles. The molecule has 2 aromatic heterocycles. The summed E-state index contributed by atoms with van der Waals surface area (Å²) < 4.78 is 1.75. The predicted molar refractivity (Wildman–Crippen MR) is 83.9 cm³/mol. The molecule has 0 saturated carbocycles. The summed E-state index contributed by atoms with van der Waals surface area (Å²) in [6.45, 7) is 1.02. The van der Waals surface area contributed by atoms with Crippen LogP contribution in [0, 0.1) is 0 Å². The van der Waals surface area contributed by atoms with Crippen molar-refractivity contribution in [2.45, 2.75) is 6.04 Å². The second kappa shape index (κ2) is 4.94. The van der Waals surface area contributed by atoms with Gasteiger partial charge in [0.25, 0.3) is 11.5 Å². The van der Waals surface area contributed by atoms with Crippen LogP contribution in [0.1, 0.15) is 16.7 Å². The van der Waals surface area contributed by atoms with E-state index in [9.17, 15) is 9.59 Å². The molecule has 23 heavy (non-hydrogen) atoms. The van der Waals surface area contributed by atoms with Crippen LogP contribution in [0.2, 0.25) is 0 Å². The summed E-state index contributed by atoms with van der Waals surface area (Å²) in [6, 6.07) is 8.75. The molecule has 116 valence electrons. The Balaban J connectivity index is 1.55. The van der Waals surface area contributed by atoms with Crippen LogP contribution in [0.4, 0.5) is 5.82 Å². The van der Waals surface area contributed by atoms with Crippen LogP contribution in [0.5, 0.6) is 0 Å². The molecule has 0 radical (unpaired) electrons. The van der Waals surface area contributed by atoms with Gasteiger partial charge < -0.3 is 15.6 Å². The van der Waals surface area contributed by atoms with Gasteiger partial charge in [-0.1, -0.05) is 12.1 Å². The minimum atomic E-state index is -0.309. The summed E-state index contributed by atoms with van der Waals surface area (Å²) in [6.07, 6.45) is 1.79. The average Bonchev–Trinajstić information content (AvgIpc) is 2.92. The maximum atomic E-state index is 12.4. The van der Waals surface area contributed by atoms with E-state index in [0.717, 1.165) is 0 Å². The molecule has 0 unspecified atom stereocenters. The van der Waals surface area contributed by atoms with Crippen molar-refractivity contribution in [1.29, 1.82) is 0 Å². The van der Waals surface area contributed by atoms with Gasteiger partial charge in [0.2, 0.25) is 0 Å². The van der Waals surface area contributed by atoms with Crippen LogP contribution in [0.3, 0.4) is 0 Å². The second-order valence-electron chi connectivity index (χ2n) is 5.52. The standard InChI is InChI=1S/C15H14N6O2/c16-12-5-6-21(19-12)9-7-20(8-9)15(23)13-17-11-4-2-1-3-10(11)14(22)18-13/h1-6,9H,7-8H2,(H2,16,19)(H,17,18,22).